The van der Waals surface area contributed by atoms with E-state index in [1.165, 1.54) is 0 Å². The summed E-state index contributed by atoms with van der Waals surface area (Å²) in [7, 11) is 0. The number of amides is 3. The van der Waals surface area contributed by atoms with Crippen LogP contribution in [0.3, 0.4) is 0 Å². The zero-order valence-corrected chi connectivity index (χ0v) is 8.82. The van der Waals surface area contributed by atoms with Crippen molar-refractivity contribution in [1.29, 1.82) is 0 Å². The maximum absolute atomic E-state index is 11.4. The minimum atomic E-state index is -0.618. The summed E-state index contributed by atoms with van der Waals surface area (Å²) in [6.07, 6.45) is 0. The van der Waals surface area contributed by atoms with Crippen LogP contribution in [-0.4, -0.2) is 18.5 Å². The normalized spacial score (nSPS) is 19.2. The van der Waals surface area contributed by atoms with Crippen molar-refractivity contribution in [3.8, 4) is 5.75 Å². The highest BCUT2D eigenvalue weighted by atomic mass is 16.5. The highest BCUT2D eigenvalue weighted by Crippen LogP contribution is 2.21. The van der Waals surface area contributed by atoms with Gasteiger partial charge in [-0.2, -0.15) is 0 Å². The van der Waals surface area contributed by atoms with Crippen LogP contribution in [0.25, 0.3) is 0 Å². The van der Waals surface area contributed by atoms with Gasteiger partial charge in [-0.15, -0.1) is 0 Å². The molecule has 1 fully saturated rings. The number of hydrogen-bond donors (Lipinski definition) is 2. The highest BCUT2D eigenvalue weighted by molar-refractivity contribution is 6.04. The molecule has 2 rings (SSSR count). The molecule has 0 bridgehead atoms. The van der Waals surface area contributed by atoms with E-state index in [2.05, 4.69) is 10.6 Å². The molecule has 84 valence electrons. The summed E-state index contributed by atoms with van der Waals surface area (Å²) >= 11 is 0. The molecule has 1 aromatic rings. The van der Waals surface area contributed by atoms with Gasteiger partial charge in [0, 0.05) is 0 Å². The van der Waals surface area contributed by atoms with Gasteiger partial charge in [0.1, 0.15) is 11.8 Å². The molecular weight excluding hydrogens is 208 g/mol. The quantitative estimate of drug-likeness (QED) is 0.746. The zero-order valence-electron chi connectivity index (χ0n) is 8.82. The molecule has 3 amide bonds. The molecule has 1 heterocycles. The van der Waals surface area contributed by atoms with Gasteiger partial charge >= 0.3 is 6.03 Å². The van der Waals surface area contributed by atoms with Crippen LogP contribution in [0.5, 0.6) is 5.75 Å². The average Bonchev–Trinajstić information content (AvgIpc) is 2.59. The number of imide groups is 1. The van der Waals surface area contributed by atoms with Gasteiger partial charge in [0.25, 0.3) is 5.91 Å². The summed E-state index contributed by atoms with van der Waals surface area (Å²) in [6, 6.07) is 6.04. The second-order valence-corrected chi connectivity index (χ2v) is 3.40. The van der Waals surface area contributed by atoms with E-state index in [4.69, 9.17) is 4.74 Å². The Morgan fingerprint density at radius 1 is 1.38 bits per heavy atom. The number of rotatable bonds is 3. The van der Waals surface area contributed by atoms with Crippen molar-refractivity contribution in [2.24, 2.45) is 0 Å². The van der Waals surface area contributed by atoms with Crippen molar-refractivity contribution in [1.82, 2.24) is 10.6 Å². The first-order chi connectivity index (χ1) is 7.70. The van der Waals surface area contributed by atoms with Crippen molar-refractivity contribution in [3.63, 3.8) is 0 Å². The van der Waals surface area contributed by atoms with Crippen molar-refractivity contribution in [3.05, 3.63) is 29.8 Å². The van der Waals surface area contributed by atoms with E-state index in [1.807, 2.05) is 13.0 Å². The Hall–Kier alpha value is -2.04. The predicted molar refractivity (Wildman–Crippen MR) is 57.0 cm³/mol. The molecule has 1 unspecified atom stereocenters. The molecule has 0 aromatic heterocycles. The average molecular weight is 220 g/mol. The van der Waals surface area contributed by atoms with Crippen LogP contribution in [0.1, 0.15) is 18.5 Å². The Morgan fingerprint density at radius 3 is 2.81 bits per heavy atom. The largest absolute Gasteiger partial charge is 0.494 e. The fourth-order valence-electron chi connectivity index (χ4n) is 1.60. The number of benzene rings is 1. The van der Waals surface area contributed by atoms with E-state index in [1.54, 1.807) is 18.2 Å². The number of urea groups is 1. The van der Waals surface area contributed by atoms with E-state index in [0.717, 1.165) is 0 Å². The summed E-state index contributed by atoms with van der Waals surface area (Å²) in [5.41, 5.74) is 0.717. The number of carbonyl (C=O) groups excluding carboxylic acids is 2. The lowest BCUT2D eigenvalue weighted by atomic mass is 10.1. The Labute approximate surface area is 92.8 Å². The molecule has 0 spiro atoms. The van der Waals surface area contributed by atoms with E-state index in [9.17, 15) is 9.59 Å². The smallest absolute Gasteiger partial charge is 0.322 e. The summed E-state index contributed by atoms with van der Waals surface area (Å²) < 4.78 is 5.32. The second-order valence-electron chi connectivity index (χ2n) is 3.40. The zero-order chi connectivity index (χ0) is 11.5. The summed E-state index contributed by atoms with van der Waals surface area (Å²) in [5, 5.41) is 4.72. The molecule has 5 heteroatoms. The third-order valence-corrected chi connectivity index (χ3v) is 2.28. The minimum Gasteiger partial charge on any atom is -0.494 e. The van der Waals surface area contributed by atoms with Gasteiger partial charge in [0.2, 0.25) is 0 Å². The lowest BCUT2D eigenvalue weighted by Crippen LogP contribution is -2.22. The number of carbonyl (C=O) groups is 2. The maximum Gasteiger partial charge on any atom is 0.322 e. The van der Waals surface area contributed by atoms with Crippen LogP contribution < -0.4 is 15.4 Å². The molecular formula is C11H12N2O3. The molecule has 1 saturated heterocycles. The number of nitrogens with one attached hydrogen (secondary N) is 2. The van der Waals surface area contributed by atoms with Crippen LogP contribution in [0.4, 0.5) is 4.79 Å². The third-order valence-electron chi connectivity index (χ3n) is 2.28. The Bertz CT molecular complexity index is 431. The molecule has 0 saturated carbocycles. The summed E-state index contributed by atoms with van der Waals surface area (Å²) in [5.74, 6) is 0.354. The molecule has 0 radical (unpaired) electrons. The van der Waals surface area contributed by atoms with Gasteiger partial charge in [-0.25, -0.2) is 4.79 Å². The lowest BCUT2D eigenvalue weighted by molar-refractivity contribution is -0.120. The first kappa shape index (κ1) is 10.5. The topological polar surface area (TPSA) is 67.4 Å². The van der Waals surface area contributed by atoms with Gasteiger partial charge in [-0.3, -0.25) is 10.1 Å². The van der Waals surface area contributed by atoms with Crippen LogP contribution in [0, 0.1) is 0 Å². The highest BCUT2D eigenvalue weighted by Gasteiger charge is 2.30. The SMILES string of the molecule is CCOc1cccc(C2NC(=O)NC2=O)c1. The second kappa shape index (κ2) is 4.22. The monoisotopic (exact) mass is 220 g/mol. The van der Waals surface area contributed by atoms with Crippen molar-refractivity contribution in [2.75, 3.05) is 6.61 Å². The van der Waals surface area contributed by atoms with Gasteiger partial charge in [0.05, 0.1) is 6.61 Å². The van der Waals surface area contributed by atoms with Gasteiger partial charge in [0.15, 0.2) is 0 Å². The first-order valence-corrected chi connectivity index (χ1v) is 5.05. The Kier molecular flexibility index (Phi) is 2.76. The van der Waals surface area contributed by atoms with Crippen molar-refractivity contribution in [2.45, 2.75) is 13.0 Å². The fourth-order valence-corrected chi connectivity index (χ4v) is 1.60. The molecule has 1 aliphatic rings. The van der Waals surface area contributed by atoms with E-state index in [0.29, 0.717) is 17.9 Å². The summed E-state index contributed by atoms with van der Waals surface area (Å²) in [4.78, 5) is 22.4. The Morgan fingerprint density at radius 2 is 2.19 bits per heavy atom. The summed E-state index contributed by atoms with van der Waals surface area (Å²) in [6.45, 7) is 2.45. The van der Waals surface area contributed by atoms with Crippen LogP contribution in [0.15, 0.2) is 24.3 Å². The molecule has 1 aromatic carbocycles. The van der Waals surface area contributed by atoms with Gasteiger partial charge in [-0.05, 0) is 24.6 Å². The molecule has 1 atom stereocenters. The molecule has 2 N–H and O–H groups in total. The third kappa shape index (κ3) is 1.98. The molecule has 16 heavy (non-hydrogen) atoms. The van der Waals surface area contributed by atoms with Crippen molar-refractivity contribution >= 4 is 11.9 Å². The predicted octanol–water partition coefficient (Wildman–Crippen LogP) is 0.966. The fraction of sp³-hybridized carbons (Fsp3) is 0.273. The Balaban J connectivity index is 2.23. The van der Waals surface area contributed by atoms with Gasteiger partial charge in [-0.1, -0.05) is 12.1 Å². The van der Waals surface area contributed by atoms with Crippen LogP contribution in [0.2, 0.25) is 0 Å². The lowest BCUT2D eigenvalue weighted by Gasteiger charge is -2.09. The van der Waals surface area contributed by atoms with Crippen LogP contribution in [-0.2, 0) is 4.79 Å². The molecule has 0 aliphatic carbocycles. The minimum absolute atomic E-state index is 0.335. The number of ether oxygens (including phenoxy) is 1. The maximum atomic E-state index is 11.4. The standard InChI is InChI=1S/C11H12N2O3/c1-2-16-8-5-3-4-7(6-8)9-10(14)13-11(15)12-9/h3-6,9H,2H2,1H3,(H2,12,13,14,15). The van der Waals surface area contributed by atoms with Gasteiger partial charge < -0.3 is 10.1 Å². The van der Waals surface area contributed by atoms with Crippen LogP contribution >= 0.6 is 0 Å². The first-order valence-electron chi connectivity index (χ1n) is 5.05. The van der Waals surface area contributed by atoms with E-state index < -0.39 is 12.1 Å². The van der Waals surface area contributed by atoms with E-state index >= 15 is 0 Å². The number of hydrogen-bond acceptors (Lipinski definition) is 3. The molecule has 5 nitrogen and oxygen atoms in total. The van der Waals surface area contributed by atoms with E-state index in [-0.39, 0.29) is 5.91 Å². The molecule has 1 aliphatic heterocycles. The van der Waals surface area contributed by atoms with Crippen molar-refractivity contribution < 1.29 is 14.3 Å².